The van der Waals surface area contributed by atoms with Gasteiger partial charge in [-0.25, -0.2) is 0 Å². The summed E-state index contributed by atoms with van der Waals surface area (Å²) in [6.07, 6.45) is 10.7. The van der Waals surface area contributed by atoms with Gasteiger partial charge in [0, 0.05) is 37.1 Å². The average Bonchev–Trinajstić information content (AvgIpc) is 3.22. The molecule has 362 valence electrons. The van der Waals surface area contributed by atoms with Gasteiger partial charge in [-0.1, -0.05) is 106 Å². The van der Waals surface area contributed by atoms with Crippen LogP contribution in [0.15, 0.2) is 85.1 Å². The van der Waals surface area contributed by atoms with E-state index in [-0.39, 0.29) is 62.9 Å². The number of ether oxygens (including phenoxy) is 4. The molecule has 2 bridgehead atoms. The van der Waals surface area contributed by atoms with Crippen molar-refractivity contribution in [1.82, 2.24) is 0 Å². The molecule has 0 radical (unpaired) electrons. The number of carbonyl (C=O) groups excluding carboxylic acids is 1. The molecular weight excluding hydrogens is 831 g/mol. The summed E-state index contributed by atoms with van der Waals surface area (Å²) < 4.78 is 23.7. The minimum Gasteiger partial charge on any atom is -0.481 e. The maximum atomic E-state index is 12.6. The van der Waals surface area contributed by atoms with Gasteiger partial charge in [-0.15, -0.1) is 0 Å². The second-order valence-corrected chi connectivity index (χ2v) is 17.7. The van der Waals surface area contributed by atoms with Crippen LogP contribution < -0.4 is 5.73 Å². The van der Waals surface area contributed by atoms with Gasteiger partial charge in [-0.05, 0) is 51.9 Å². The lowest BCUT2D eigenvalue weighted by molar-refractivity contribution is -0.302. The molecule has 16 nitrogen and oxygen atoms in total. The maximum absolute atomic E-state index is 12.6. The average molecular weight is 906 g/mol. The Hall–Kier alpha value is -3.36. The van der Waals surface area contributed by atoms with Crippen molar-refractivity contribution in [2.45, 2.75) is 178 Å². The van der Waals surface area contributed by atoms with E-state index in [9.17, 15) is 55.5 Å². The molecule has 11 N–H and O–H groups in total. The number of aliphatic carboxylic acids is 1. The van der Waals surface area contributed by atoms with Gasteiger partial charge in [-0.3, -0.25) is 9.59 Å². The lowest BCUT2D eigenvalue weighted by atomic mass is 9.83. The largest absolute Gasteiger partial charge is 0.481 e. The van der Waals surface area contributed by atoms with Gasteiger partial charge in [0.2, 0.25) is 0 Å². The van der Waals surface area contributed by atoms with Gasteiger partial charge < -0.3 is 70.6 Å². The van der Waals surface area contributed by atoms with E-state index >= 15 is 0 Å². The topological polar surface area (TPSA) is 279 Å². The summed E-state index contributed by atoms with van der Waals surface area (Å²) in [4.78, 5) is 25.1. The first kappa shape index (κ1) is 55.0. The van der Waals surface area contributed by atoms with Gasteiger partial charge in [0.05, 0.1) is 61.4 Å². The molecule has 0 aromatic carbocycles. The van der Waals surface area contributed by atoms with Crippen molar-refractivity contribution >= 4 is 11.9 Å². The number of hydrogen-bond donors (Lipinski definition) is 10. The predicted molar refractivity (Wildman–Crippen MR) is 239 cm³/mol. The number of esters is 1. The van der Waals surface area contributed by atoms with E-state index in [2.05, 4.69) is 0 Å². The number of fused-ring (bicyclic) bond motifs is 2. The Morgan fingerprint density at radius 2 is 1.27 bits per heavy atom. The van der Waals surface area contributed by atoms with Gasteiger partial charge >= 0.3 is 11.9 Å². The van der Waals surface area contributed by atoms with Crippen LogP contribution in [0.4, 0.5) is 0 Å². The van der Waals surface area contributed by atoms with E-state index in [1.165, 1.54) is 0 Å². The Morgan fingerprint density at radius 1 is 0.703 bits per heavy atom. The summed E-state index contributed by atoms with van der Waals surface area (Å²) in [6.45, 7) is 8.93. The monoisotopic (exact) mass is 906 g/mol. The Morgan fingerprint density at radius 3 is 1.86 bits per heavy atom. The highest BCUT2D eigenvalue weighted by Crippen LogP contribution is 2.38. The fraction of sp³-hybridized carbons (Fsp3) is 0.667. The summed E-state index contributed by atoms with van der Waals surface area (Å²) in [5, 5.41) is 97.1. The minimum atomic E-state index is -2.01. The SMILES string of the molecule is CC1OC(O[C@H]2/C=C/C=C/C=C/C=C/C=C/C=C/C=C/[C@H](C)[C@@H](O)[C@@H](C)[C@H](C)OC(=O)CC(O)C[C@H](O)CC[C@@H](O)C(O)CCC[C@]3(O)C[C@H](O)[C@@H](C(=O)O)C(C2)O3)C(O)C(N)C1C. The number of nitrogens with two attached hydrogens (primary N) is 1. The predicted octanol–water partition coefficient (Wildman–Crippen LogP) is 3.02. The van der Waals surface area contributed by atoms with Crippen molar-refractivity contribution in [3.05, 3.63) is 85.1 Å². The fourth-order valence-electron chi connectivity index (χ4n) is 8.04. The number of allylic oxidation sites excluding steroid dienone is 12. The molecule has 0 amide bonds. The van der Waals surface area contributed by atoms with Crippen molar-refractivity contribution < 1.29 is 74.5 Å². The highest BCUT2D eigenvalue weighted by Gasteiger charge is 2.50. The Bertz CT molecular complexity index is 1630. The van der Waals surface area contributed by atoms with Crippen LogP contribution in [0.25, 0.3) is 0 Å². The lowest BCUT2D eigenvalue weighted by Crippen LogP contribution is -2.58. The molecule has 3 heterocycles. The third-order valence-electron chi connectivity index (χ3n) is 12.5. The van der Waals surface area contributed by atoms with E-state index in [1.54, 1.807) is 51.2 Å². The zero-order valence-electron chi connectivity index (χ0n) is 37.8. The van der Waals surface area contributed by atoms with Crippen molar-refractivity contribution in [2.75, 3.05) is 0 Å². The van der Waals surface area contributed by atoms with Crippen LogP contribution in [-0.2, 0) is 28.5 Å². The van der Waals surface area contributed by atoms with Crippen molar-refractivity contribution in [3.8, 4) is 0 Å². The van der Waals surface area contributed by atoms with E-state index in [0.29, 0.717) is 0 Å². The second-order valence-electron chi connectivity index (χ2n) is 17.7. The summed E-state index contributed by atoms with van der Waals surface area (Å²) in [7, 11) is 0. The second kappa shape index (κ2) is 27.3. The van der Waals surface area contributed by atoms with E-state index in [1.807, 2.05) is 68.5 Å². The molecule has 16 heteroatoms. The number of hydrogen-bond acceptors (Lipinski definition) is 15. The van der Waals surface area contributed by atoms with Gasteiger partial charge in [0.15, 0.2) is 12.1 Å². The minimum absolute atomic E-state index is 0.00757. The van der Waals surface area contributed by atoms with Crippen LogP contribution in [0.3, 0.4) is 0 Å². The lowest BCUT2D eigenvalue weighted by Gasteiger charge is -2.45. The molecule has 64 heavy (non-hydrogen) atoms. The van der Waals surface area contributed by atoms with E-state index in [0.717, 1.165) is 0 Å². The number of carboxylic acids is 1. The van der Waals surface area contributed by atoms with Crippen LogP contribution in [0, 0.1) is 23.7 Å². The number of aliphatic hydroxyl groups excluding tert-OH is 7. The molecule has 3 aliphatic rings. The Labute approximate surface area is 377 Å². The molecule has 18 atom stereocenters. The van der Waals surface area contributed by atoms with E-state index in [4.69, 9.17) is 24.7 Å². The molecule has 3 rings (SSSR count). The van der Waals surface area contributed by atoms with Gasteiger partial charge in [-0.2, -0.15) is 0 Å². The van der Waals surface area contributed by atoms with Crippen molar-refractivity contribution in [1.29, 1.82) is 0 Å². The first-order valence-electron chi connectivity index (χ1n) is 22.6. The third-order valence-corrected chi connectivity index (χ3v) is 12.5. The highest BCUT2D eigenvalue weighted by atomic mass is 16.7. The molecule has 0 aromatic heterocycles. The smallest absolute Gasteiger partial charge is 0.311 e. The summed E-state index contributed by atoms with van der Waals surface area (Å²) in [5.41, 5.74) is 6.28. The van der Waals surface area contributed by atoms with Gasteiger partial charge in [0.1, 0.15) is 18.1 Å². The number of aliphatic hydroxyl groups is 8. The Balaban J connectivity index is 1.83. The maximum Gasteiger partial charge on any atom is 0.311 e. The van der Waals surface area contributed by atoms with Crippen LogP contribution in [0.5, 0.6) is 0 Å². The first-order chi connectivity index (χ1) is 30.2. The molecule has 3 aliphatic heterocycles. The zero-order chi connectivity index (χ0) is 47.6. The molecule has 2 fully saturated rings. The van der Waals surface area contributed by atoms with Crippen molar-refractivity contribution in [3.63, 3.8) is 0 Å². The molecule has 0 spiro atoms. The summed E-state index contributed by atoms with van der Waals surface area (Å²) in [6, 6.07) is -0.673. The molecule has 0 aliphatic carbocycles. The standard InChI is InChI=1S/C48H75NO15/c1-29-19-16-14-12-10-8-6-7-9-11-13-15-17-20-36(63-47-45(57)43(49)30(2)32(4)62-47)27-40-42(46(58)59)39(54)28-48(60,64-40)24-18-21-37(52)38(53)23-22-34(50)25-35(51)26-41(55)61-33(5)31(3)44(29)56/h6-17,19-20,29-40,42-45,47,50-54,56-57,60H,18,21-28,49H2,1-5H3,(H,58,59)/b7-6+,10-8+,11-9+,14-12+,15-13+,19-16+,20-17+/t29-,30?,31-,32?,33-,34+,35?,36-,37?,38+,39-,40?,42+,43?,44+,45?,47?,48+/m0/s1. The van der Waals surface area contributed by atoms with Crippen molar-refractivity contribution in [2.24, 2.45) is 29.4 Å². The number of rotatable bonds is 3. The number of carboxylic acid groups (broad SMARTS) is 1. The van der Waals surface area contributed by atoms with Crippen LogP contribution in [0.1, 0.15) is 92.4 Å². The fourth-order valence-corrected chi connectivity index (χ4v) is 8.04. The summed E-state index contributed by atoms with van der Waals surface area (Å²) in [5.74, 6) is -6.39. The van der Waals surface area contributed by atoms with Crippen LogP contribution in [0.2, 0.25) is 0 Å². The molecule has 0 aromatic rings. The van der Waals surface area contributed by atoms with E-state index < -0.39 is 116 Å². The molecule has 2 saturated heterocycles. The normalized spacial score (nSPS) is 44.8. The van der Waals surface area contributed by atoms with Crippen LogP contribution >= 0.6 is 0 Å². The molecular formula is C48H75NO15. The Kier molecular flexibility index (Phi) is 23.5. The number of carbonyl (C=O) groups is 2. The summed E-state index contributed by atoms with van der Waals surface area (Å²) >= 11 is 0. The number of cyclic esters (lactones) is 1. The molecule has 8 unspecified atom stereocenters. The quantitative estimate of drug-likeness (QED) is 0.182. The van der Waals surface area contributed by atoms with Gasteiger partial charge in [0.25, 0.3) is 0 Å². The first-order valence-corrected chi connectivity index (χ1v) is 22.6. The van der Waals surface area contributed by atoms with Crippen LogP contribution in [-0.4, -0.2) is 143 Å². The third kappa shape index (κ3) is 18.1. The highest BCUT2D eigenvalue weighted by molar-refractivity contribution is 5.71. The molecule has 0 saturated carbocycles. The zero-order valence-corrected chi connectivity index (χ0v) is 37.8.